The molecule has 0 saturated heterocycles. The summed E-state index contributed by atoms with van der Waals surface area (Å²) in [4.78, 5) is 16.4. The molecule has 0 radical (unpaired) electrons. The third-order valence-corrected chi connectivity index (χ3v) is 3.71. The van der Waals surface area contributed by atoms with Crippen molar-refractivity contribution in [2.45, 2.75) is 39.2 Å². The van der Waals surface area contributed by atoms with Crippen molar-refractivity contribution in [3.05, 3.63) is 59.9 Å². The van der Waals surface area contributed by atoms with Gasteiger partial charge in [-0.05, 0) is 12.0 Å². The van der Waals surface area contributed by atoms with E-state index in [1.807, 2.05) is 30.3 Å². The van der Waals surface area contributed by atoms with Crippen LogP contribution in [0.5, 0.6) is 0 Å². The first kappa shape index (κ1) is 16.9. The van der Waals surface area contributed by atoms with Crippen LogP contribution < -0.4 is 5.32 Å². The maximum absolute atomic E-state index is 12.2. The fourth-order valence-corrected chi connectivity index (χ4v) is 2.46. The Labute approximate surface area is 146 Å². The van der Waals surface area contributed by atoms with Gasteiger partial charge in [0.1, 0.15) is 5.82 Å². The van der Waals surface area contributed by atoms with E-state index < -0.39 is 0 Å². The number of anilines is 1. The molecule has 1 amide bonds. The smallest absolute Gasteiger partial charge is 0.227 e. The Morgan fingerprint density at radius 3 is 2.84 bits per heavy atom. The second-order valence-electron chi connectivity index (χ2n) is 5.76. The lowest BCUT2D eigenvalue weighted by Gasteiger charge is -2.08. The van der Waals surface area contributed by atoms with Gasteiger partial charge in [0.25, 0.3) is 0 Å². The number of hydrogen-bond donors (Lipinski definition) is 1. The lowest BCUT2D eigenvalue weighted by Crippen LogP contribution is -2.16. The molecule has 1 aromatic carbocycles. The van der Waals surface area contributed by atoms with Gasteiger partial charge < -0.3 is 9.84 Å². The van der Waals surface area contributed by atoms with Gasteiger partial charge in [0.05, 0.1) is 12.7 Å². The fraction of sp³-hybridized carbons (Fsp3) is 0.333. The van der Waals surface area contributed by atoms with Crippen molar-refractivity contribution in [2.24, 2.45) is 0 Å². The van der Waals surface area contributed by atoms with Crippen molar-refractivity contribution in [3.63, 3.8) is 0 Å². The summed E-state index contributed by atoms with van der Waals surface area (Å²) in [6.45, 7) is 2.66. The van der Waals surface area contributed by atoms with E-state index in [-0.39, 0.29) is 12.3 Å². The van der Waals surface area contributed by atoms with Crippen molar-refractivity contribution in [1.82, 2.24) is 19.9 Å². The van der Waals surface area contributed by atoms with Gasteiger partial charge in [-0.1, -0.05) is 42.4 Å². The second kappa shape index (κ2) is 8.23. The minimum Gasteiger partial charge on any atom is -0.339 e. The van der Waals surface area contributed by atoms with Crippen LogP contribution in [-0.2, 0) is 24.2 Å². The Kier molecular flexibility index (Phi) is 5.56. The molecule has 0 atom stereocenters. The molecule has 2 heterocycles. The number of rotatable bonds is 8. The normalized spacial score (nSPS) is 10.8. The average Bonchev–Trinajstić information content (AvgIpc) is 3.24. The van der Waals surface area contributed by atoms with Crippen LogP contribution in [-0.4, -0.2) is 25.8 Å². The molecule has 3 aromatic rings. The van der Waals surface area contributed by atoms with Crippen molar-refractivity contribution < 1.29 is 9.32 Å². The van der Waals surface area contributed by atoms with Crippen molar-refractivity contribution in [3.8, 4) is 0 Å². The zero-order chi connectivity index (χ0) is 17.5. The SMILES string of the molecule is CCCc1noc(CCC(=O)Nc2ccnn2Cc2ccccc2)n1. The Hall–Kier alpha value is -2.96. The van der Waals surface area contributed by atoms with Crippen LogP contribution in [0, 0.1) is 0 Å². The first-order valence-corrected chi connectivity index (χ1v) is 8.41. The van der Waals surface area contributed by atoms with Crippen LogP contribution in [0.15, 0.2) is 47.1 Å². The molecule has 0 spiro atoms. The fourth-order valence-electron chi connectivity index (χ4n) is 2.46. The van der Waals surface area contributed by atoms with Gasteiger partial charge in [0.2, 0.25) is 11.8 Å². The molecule has 25 heavy (non-hydrogen) atoms. The summed E-state index contributed by atoms with van der Waals surface area (Å²) in [6.07, 6.45) is 4.13. The molecule has 0 saturated carbocycles. The summed E-state index contributed by atoms with van der Waals surface area (Å²) < 4.78 is 6.91. The van der Waals surface area contributed by atoms with E-state index in [0.29, 0.717) is 30.5 Å². The third kappa shape index (κ3) is 4.76. The number of benzene rings is 1. The molecule has 130 valence electrons. The van der Waals surface area contributed by atoms with Gasteiger partial charge in [-0.2, -0.15) is 10.1 Å². The van der Waals surface area contributed by atoms with Gasteiger partial charge >= 0.3 is 0 Å². The van der Waals surface area contributed by atoms with Crippen LogP contribution in [0.1, 0.15) is 37.0 Å². The summed E-state index contributed by atoms with van der Waals surface area (Å²) in [6, 6.07) is 11.8. The largest absolute Gasteiger partial charge is 0.339 e. The number of nitrogens with one attached hydrogen (secondary N) is 1. The highest BCUT2D eigenvalue weighted by Crippen LogP contribution is 2.11. The number of carbonyl (C=O) groups excluding carboxylic acids is 1. The van der Waals surface area contributed by atoms with E-state index in [9.17, 15) is 4.79 Å². The molecule has 0 unspecified atom stereocenters. The van der Waals surface area contributed by atoms with Crippen LogP contribution >= 0.6 is 0 Å². The van der Waals surface area contributed by atoms with E-state index >= 15 is 0 Å². The van der Waals surface area contributed by atoms with Crippen molar-refractivity contribution in [1.29, 1.82) is 0 Å². The molecular weight excluding hydrogens is 318 g/mol. The molecule has 2 aromatic heterocycles. The molecule has 7 heteroatoms. The lowest BCUT2D eigenvalue weighted by atomic mass is 10.2. The molecule has 3 rings (SSSR count). The molecule has 1 N–H and O–H groups in total. The van der Waals surface area contributed by atoms with Crippen LogP contribution in [0.3, 0.4) is 0 Å². The summed E-state index contributed by atoms with van der Waals surface area (Å²) >= 11 is 0. The number of carbonyl (C=O) groups is 1. The number of hydrogen-bond acceptors (Lipinski definition) is 5. The van der Waals surface area contributed by atoms with Gasteiger partial charge in [0, 0.05) is 25.3 Å². The van der Waals surface area contributed by atoms with Crippen LogP contribution in [0.4, 0.5) is 5.82 Å². The molecule has 7 nitrogen and oxygen atoms in total. The van der Waals surface area contributed by atoms with E-state index in [1.165, 1.54) is 0 Å². The van der Waals surface area contributed by atoms with E-state index in [4.69, 9.17) is 4.52 Å². The van der Waals surface area contributed by atoms with E-state index in [0.717, 1.165) is 18.4 Å². The highest BCUT2D eigenvalue weighted by molar-refractivity contribution is 5.89. The quantitative estimate of drug-likeness (QED) is 0.682. The molecule has 0 fully saturated rings. The van der Waals surface area contributed by atoms with Crippen molar-refractivity contribution >= 4 is 11.7 Å². The summed E-state index contributed by atoms with van der Waals surface area (Å²) in [5.41, 5.74) is 1.12. The number of nitrogens with zero attached hydrogens (tertiary/aromatic N) is 4. The minimum atomic E-state index is -0.106. The first-order valence-electron chi connectivity index (χ1n) is 8.41. The monoisotopic (exact) mass is 339 g/mol. The Bertz CT molecular complexity index is 810. The molecule has 0 aliphatic carbocycles. The predicted octanol–water partition coefficient (Wildman–Crippen LogP) is 2.84. The standard InChI is InChI=1S/C18H21N5O2/c1-2-6-15-20-18(25-22-15)10-9-17(24)21-16-11-12-19-23(16)13-14-7-4-3-5-8-14/h3-5,7-8,11-12H,2,6,9-10,13H2,1H3,(H,21,24). The molecule has 0 aliphatic rings. The average molecular weight is 339 g/mol. The number of amides is 1. The van der Waals surface area contributed by atoms with Gasteiger partial charge in [-0.3, -0.25) is 4.79 Å². The molecular formula is C18H21N5O2. The summed E-state index contributed by atoms with van der Waals surface area (Å²) in [5.74, 6) is 1.76. The Morgan fingerprint density at radius 1 is 1.20 bits per heavy atom. The Balaban J connectivity index is 1.53. The molecule has 0 bridgehead atoms. The van der Waals surface area contributed by atoms with Crippen LogP contribution in [0.2, 0.25) is 0 Å². The first-order chi connectivity index (χ1) is 12.2. The van der Waals surface area contributed by atoms with Gasteiger partial charge in [-0.25, -0.2) is 4.68 Å². The van der Waals surface area contributed by atoms with Crippen LogP contribution in [0.25, 0.3) is 0 Å². The van der Waals surface area contributed by atoms with Crippen molar-refractivity contribution in [2.75, 3.05) is 5.32 Å². The topological polar surface area (TPSA) is 85.8 Å². The van der Waals surface area contributed by atoms with Gasteiger partial charge in [-0.15, -0.1) is 0 Å². The predicted molar refractivity (Wildman–Crippen MR) is 93.0 cm³/mol. The van der Waals surface area contributed by atoms with Gasteiger partial charge in [0.15, 0.2) is 5.82 Å². The molecule has 0 aliphatic heterocycles. The van der Waals surface area contributed by atoms with E-state index in [1.54, 1.807) is 16.9 Å². The highest BCUT2D eigenvalue weighted by atomic mass is 16.5. The number of aryl methyl sites for hydroxylation is 2. The second-order valence-corrected chi connectivity index (χ2v) is 5.76. The minimum absolute atomic E-state index is 0.106. The summed E-state index contributed by atoms with van der Waals surface area (Å²) in [7, 11) is 0. The maximum atomic E-state index is 12.2. The maximum Gasteiger partial charge on any atom is 0.227 e. The van der Waals surface area contributed by atoms with E-state index in [2.05, 4.69) is 27.5 Å². The number of aromatic nitrogens is 4. The highest BCUT2D eigenvalue weighted by Gasteiger charge is 2.11. The summed E-state index contributed by atoms with van der Waals surface area (Å²) in [5, 5.41) is 11.0. The zero-order valence-electron chi connectivity index (χ0n) is 14.2. The third-order valence-electron chi connectivity index (χ3n) is 3.71. The Morgan fingerprint density at radius 2 is 2.04 bits per heavy atom. The zero-order valence-corrected chi connectivity index (χ0v) is 14.2. The lowest BCUT2D eigenvalue weighted by molar-refractivity contribution is -0.116.